The fourth-order valence-electron chi connectivity index (χ4n) is 2.89. The van der Waals surface area contributed by atoms with E-state index in [2.05, 4.69) is 15.1 Å². The average molecular weight is 428 g/mol. The molecule has 0 radical (unpaired) electrons. The molecule has 1 aliphatic heterocycles. The van der Waals surface area contributed by atoms with Gasteiger partial charge in [-0.15, -0.1) is 0 Å². The fourth-order valence-corrected chi connectivity index (χ4v) is 3.15. The number of rotatable bonds is 4. The summed E-state index contributed by atoms with van der Waals surface area (Å²) in [5.74, 6) is 0.0714. The Kier molecular flexibility index (Phi) is 4.61. The van der Waals surface area contributed by atoms with Crippen molar-refractivity contribution in [3.8, 4) is 34.3 Å². The van der Waals surface area contributed by atoms with Gasteiger partial charge in [0.25, 0.3) is 5.88 Å². The largest absolute Gasteiger partial charge is 0.475 e. The number of ether oxygens (including phenoxy) is 3. The number of nitrogens with zero attached hydrogens (tertiary/aromatic N) is 4. The smallest absolute Gasteiger partial charge is 0.435 e. The molecule has 3 aromatic rings. The van der Waals surface area contributed by atoms with Crippen LogP contribution in [0.15, 0.2) is 24.5 Å². The van der Waals surface area contributed by atoms with Crippen molar-refractivity contribution in [2.75, 3.05) is 19.1 Å². The molecular formula is C17H13ClF3N5O3. The molecule has 2 N–H and O–H groups in total. The van der Waals surface area contributed by atoms with Crippen LogP contribution in [0.25, 0.3) is 16.9 Å². The van der Waals surface area contributed by atoms with Gasteiger partial charge in [0.05, 0.1) is 17.2 Å². The van der Waals surface area contributed by atoms with E-state index in [0.29, 0.717) is 0 Å². The van der Waals surface area contributed by atoms with E-state index in [-0.39, 0.29) is 58.6 Å². The Labute approximate surface area is 167 Å². The zero-order chi connectivity index (χ0) is 20.8. The van der Waals surface area contributed by atoms with Gasteiger partial charge in [-0.1, -0.05) is 11.6 Å². The van der Waals surface area contributed by atoms with Crippen molar-refractivity contribution in [3.63, 3.8) is 0 Å². The normalized spacial score (nSPS) is 13.0. The minimum atomic E-state index is -4.80. The molecule has 1 aliphatic rings. The first-order valence-electron chi connectivity index (χ1n) is 8.30. The molecule has 0 saturated heterocycles. The maximum absolute atomic E-state index is 13.8. The number of fused-ring (bicyclic) bond motifs is 1. The van der Waals surface area contributed by atoms with Crippen molar-refractivity contribution in [3.05, 3.63) is 35.2 Å². The molecule has 12 heteroatoms. The molecular weight excluding hydrogens is 415 g/mol. The van der Waals surface area contributed by atoms with E-state index in [9.17, 15) is 13.2 Å². The Morgan fingerprint density at radius 1 is 1.24 bits per heavy atom. The van der Waals surface area contributed by atoms with Crippen molar-refractivity contribution in [1.29, 1.82) is 0 Å². The second-order valence-electron chi connectivity index (χ2n) is 5.83. The molecule has 3 heterocycles. The zero-order valence-electron chi connectivity index (χ0n) is 14.8. The molecule has 0 aliphatic carbocycles. The first-order valence-corrected chi connectivity index (χ1v) is 8.68. The third kappa shape index (κ3) is 3.27. The molecule has 0 amide bonds. The lowest BCUT2D eigenvalue weighted by atomic mass is 10.0. The highest BCUT2D eigenvalue weighted by molar-refractivity contribution is 6.32. The van der Waals surface area contributed by atoms with Gasteiger partial charge in [0, 0.05) is 12.4 Å². The van der Waals surface area contributed by atoms with Crippen molar-refractivity contribution in [2.24, 2.45) is 0 Å². The van der Waals surface area contributed by atoms with Gasteiger partial charge in [-0.2, -0.15) is 23.0 Å². The van der Waals surface area contributed by atoms with E-state index >= 15 is 0 Å². The quantitative estimate of drug-likeness (QED) is 0.677. The molecule has 0 spiro atoms. The lowest BCUT2D eigenvalue weighted by molar-refractivity contribution is -0.140. The topological polar surface area (TPSA) is 97.3 Å². The molecule has 0 atom stereocenters. The Hall–Kier alpha value is -3.21. The summed E-state index contributed by atoms with van der Waals surface area (Å²) in [4.78, 5) is 8.01. The second kappa shape index (κ2) is 6.99. The Morgan fingerprint density at radius 2 is 2.00 bits per heavy atom. The minimum absolute atomic E-state index is 0.00630. The summed E-state index contributed by atoms with van der Waals surface area (Å²) in [6, 6.07) is 2.67. The van der Waals surface area contributed by atoms with Crippen LogP contribution in [-0.4, -0.2) is 33.1 Å². The number of anilines is 1. The molecule has 8 nitrogen and oxygen atoms in total. The third-order valence-electron chi connectivity index (χ3n) is 4.03. The molecule has 0 bridgehead atoms. The summed E-state index contributed by atoms with van der Waals surface area (Å²) in [6.07, 6.45) is -2.16. The van der Waals surface area contributed by atoms with Gasteiger partial charge in [0.1, 0.15) is 5.82 Å². The molecule has 0 saturated carbocycles. The van der Waals surface area contributed by atoms with Gasteiger partial charge in [-0.3, -0.25) is 0 Å². The Balaban J connectivity index is 1.95. The monoisotopic (exact) mass is 427 g/mol. The van der Waals surface area contributed by atoms with Crippen molar-refractivity contribution < 1.29 is 27.4 Å². The van der Waals surface area contributed by atoms with Gasteiger partial charge in [0.2, 0.25) is 12.6 Å². The van der Waals surface area contributed by atoms with Crippen molar-refractivity contribution >= 4 is 17.4 Å². The van der Waals surface area contributed by atoms with Crippen LogP contribution in [0.5, 0.6) is 17.4 Å². The predicted octanol–water partition coefficient (Wildman–Crippen LogP) is 3.71. The number of halogens is 4. The number of aromatic nitrogens is 4. The highest BCUT2D eigenvalue weighted by Gasteiger charge is 2.40. The van der Waals surface area contributed by atoms with E-state index in [0.717, 1.165) is 4.68 Å². The maximum Gasteiger partial charge on any atom is 0.435 e. The van der Waals surface area contributed by atoms with Gasteiger partial charge in [-0.25, -0.2) is 9.97 Å². The molecule has 152 valence electrons. The number of nitrogen functional groups attached to an aromatic ring is 1. The second-order valence-corrected chi connectivity index (χ2v) is 6.24. The van der Waals surface area contributed by atoms with E-state index in [1.807, 2.05) is 0 Å². The van der Waals surface area contributed by atoms with Gasteiger partial charge < -0.3 is 19.9 Å². The van der Waals surface area contributed by atoms with Gasteiger partial charge >= 0.3 is 6.18 Å². The molecule has 29 heavy (non-hydrogen) atoms. The van der Waals surface area contributed by atoms with Gasteiger partial charge in [-0.05, 0) is 24.6 Å². The van der Waals surface area contributed by atoms with Crippen LogP contribution in [0.1, 0.15) is 12.6 Å². The summed E-state index contributed by atoms with van der Waals surface area (Å²) in [5.41, 5.74) is 4.57. The first kappa shape index (κ1) is 19.1. The van der Waals surface area contributed by atoms with Crippen LogP contribution in [0.3, 0.4) is 0 Å². The molecule has 4 rings (SSSR count). The van der Waals surface area contributed by atoms with Crippen LogP contribution in [0, 0.1) is 0 Å². The van der Waals surface area contributed by atoms with Crippen LogP contribution in [0.4, 0.5) is 19.0 Å². The lowest BCUT2D eigenvalue weighted by Crippen LogP contribution is -2.10. The van der Waals surface area contributed by atoms with E-state index in [4.69, 9.17) is 31.5 Å². The Bertz CT molecular complexity index is 1090. The van der Waals surface area contributed by atoms with E-state index < -0.39 is 11.9 Å². The van der Waals surface area contributed by atoms with Crippen LogP contribution < -0.4 is 19.9 Å². The average Bonchev–Trinajstić information content (AvgIpc) is 3.27. The number of hydrogen-bond donors (Lipinski definition) is 1. The number of hydrogen-bond acceptors (Lipinski definition) is 7. The predicted molar refractivity (Wildman–Crippen MR) is 96.3 cm³/mol. The van der Waals surface area contributed by atoms with Gasteiger partial charge in [0.15, 0.2) is 17.2 Å². The summed E-state index contributed by atoms with van der Waals surface area (Å²) < 4.78 is 58.0. The van der Waals surface area contributed by atoms with Crippen molar-refractivity contribution in [1.82, 2.24) is 19.7 Å². The number of benzene rings is 1. The summed E-state index contributed by atoms with van der Waals surface area (Å²) in [5, 5.41) is 3.75. The van der Waals surface area contributed by atoms with E-state index in [1.165, 1.54) is 24.5 Å². The Morgan fingerprint density at radius 3 is 2.72 bits per heavy atom. The number of alkyl halides is 3. The fraction of sp³-hybridized carbons (Fsp3) is 0.235. The highest BCUT2D eigenvalue weighted by Crippen LogP contribution is 2.47. The summed E-state index contributed by atoms with van der Waals surface area (Å²) >= 11 is 6.14. The lowest BCUT2D eigenvalue weighted by Gasteiger charge is -2.10. The first-order chi connectivity index (χ1) is 13.8. The van der Waals surface area contributed by atoms with Crippen LogP contribution >= 0.6 is 11.6 Å². The van der Waals surface area contributed by atoms with Crippen molar-refractivity contribution in [2.45, 2.75) is 13.1 Å². The van der Waals surface area contributed by atoms with Crippen LogP contribution in [0.2, 0.25) is 5.02 Å². The molecule has 1 aromatic carbocycles. The summed E-state index contributed by atoms with van der Waals surface area (Å²) in [7, 11) is 0. The molecule has 0 fully saturated rings. The number of nitrogens with two attached hydrogens (primary N) is 1. The third-order valence-corrected chi connectivity index (χ3v) is 4.31. The zero-order valence-corrected chi connectivity index (χ0v) is 15.6. The SMILES string of the molecule is CCOc1nccnc1-n1nc(C(F)(F)F)c(-c2cc(Cl)c3c(c2)OCO3)c1N. The standard InChI is InChI=1S/C17H13ClF3N5O3/c1-2-27-16-15(23-3-4-24-16)26-14(22)11(13(25-26)17(19,20)21)8-5-9(18)12-10(6-8)28-7-29-12/h3-6H,2,7,22H2,1H3. The van der Waals surface area contributed by atoms with E-state index in [1.54, 1.807) is 6.92 Å². The van der Waals surface area contributed by atoms with Crippen LogP contribution in [-0.2, 0) is 6.18 Å². The summed E-state index contributed by atoms with van der Waals surface area (Å²) in [6.45, 7) is 1.84. The maximum atomic E-state index is 13.8. The molecule has 0 unspecified atom stereocenters. The molecule has 2 aromatic heterocycles. The minimum Gasteiger partial charge on any atom is -0.475 e. The highest BCUT2D eigenvalue weighted by atomic mass is 35.5.